The molecule has 2 atom stereocenters. The van der Waals surface area contributed by atoms with Gasteiger partial charge in [-0.25, -0.2) is 4.79 Å². The fraction of sp³-hybridized carbons (Fsp3) is 0.400. The van der Waals surface area contributed by atoms with Crippen molar-refractivity contribution in [1.29, 1.82) is 0 Å². The Kier molecular flexibility index (Phi) is 6.87. The zero-order chi connectivity index (χ0) is 23.5. The molecule has 4 amide bonds. The van der Waals surface area contributed by atoms with Crippen LogP contribution in [0.2, 0.25) is 0 Å². The van der Waals surface area contributed by atoms with Gasteiger partial charge in [-0.1, -0.05) is 50.2 Å². The highest BCUT2D eigenvalue weighted by Crippen LogP contribution is 2.30. The molecule has 170 valence electrons. The monoisotopic (exact) mass is 437 g/mol. The third-order valence-corrected chi connectivity index (χ3v) is 5.75. The lowest BCUT2D eigenvalue weighted by atomic mass is 9.92. The van der Waals surface area contributed by atoms with Crippen LogP contribution in [0.4, 0.5) is 4.79 Å². The van der Waals surface area contributed by atoms with Gasteiger partial charge in [-0.05, 0) is 55.0 Å². The van der Waals surface area contributed by atoms with E-state index < -0.39 is 23.4 Å². The fourth-order valence-corrected chi connectivity index (χ4v) is 3.89. The number of nitrogens with zero attached hydrogens (tertiary/aromatic N) is 1. The number of rotatable bonds is 8. The highest BCUT2D eigenvalue weighted by atomic mass is 16.5. The van der Waals surface area contributed by atoms with E-state index in [2.05, 4.69) is 36.6 Å². The molecule has 1 saturated heterocycles. The summed E-state index contributed by atoms with van der Waals surface area (Å²) >= 11 is 0. The van der Waals surface area contributed by atoms with Crippen LogP contribution in [-0.2, 0) is 21.5 Å². The lowest BCUT2D eigenvalue weighted by Crippen LogP contribution is -2.43. The molecule has 2 aromatic rings. The van der Waals surface area contributed by atoms with Crippen molar-refractivity contribution in [3.63, 3.8) is 0 Å². The van der Waals surface area contributed by atoms with Crippen LogP contribution in [0.5, 0.6) is 5.75 Å². The maximum Gasteiger partial charge on any atom is 0.325 e. The molecule has 0 aliphatic carbocycles. The van der Waals surface area contributed by atoms with Gasteiger partial charge in [0, 0.05) is 0 Å². The van der Waals surface area contributed by atoms with Crippen molar-refractivity contribution in [2.24, 2.45) is 5.92 Å². The van der Waals surface area contributed by atoms with Gasteiger partial charge >= 0.3 is 6.03 Å². The van der Waals surface area contributed by atoms with E-state index in [1.807, 2.05) is 19.1 Å². The normalized spacial score (nSPS) is 19.1. The Hall–Kier alpha value is -3.35. The lowest BCUT2D eigenvalue weighted by Gasteiger charge is -2.22. The number of hydrogen-bond donors (Lipinski definition) is 2. The molecule has 0 aromatic heterocycles. The molecule has 0 bridgehead atoms. The molecule has 0 saturated carbocycles. The summed E-state index contributed by atoms with van der Waals surface area (Å²) in [4.78, 5) is 39.1. The van der Waals surface area contributed by atoms with Gasteiger partial charge in [0.15, 0.2) is 0 Å². The van der Waals surface area contributed by atoms with E-state index in [1.54, 1.807) is 38.3 Å². The van der Waals surface area contributed by atoms with Gasteiger partial charge in [-0.2, -0.15) is 0 Å². The minimum Gasteiger partial charge on any atom is -0.497 e. The maximum atomic E-state index is 13.0. The van der Waals surface area contributed by atoms with E-state index in [-0.39, 0.29) is 12.6 Å². The van der Waals surface area contributed by atoms with E-state index in [1.165, 1.54) is 5.56 Å². The molecule has 2 aromatic carbocycles. The summed E-state index contributed by atoms with van der Waals surface area (Å²) in [5.41, 5.74) is 1.60. The number of urea groups is 1. The molecule has 1 aliphatic rings. The maximum absolute atomic E-state index is 13.0. The third-order valence-electron chi connectivity index (χ3n) is 5.75. The number of carbonyl (C=O) groups excluding carboxylic acids is 3. The highest BCUT2D eigenvalue weighted by molar-refractivity contribution is 6.09. The summed E-state index contributed by atoms with van der Waals surface area (Å²) in [7, 11) is 1.56. The standard InChI is InChI=1S/C25H31N3O4/c1-16(2)14-18-6-8-19(9-7-18)17(3)26-22(29)15-28-23(30)25(4,27-24(28)31)20-10-12-21(32-5)13-11-20/h6-13,16-17H,14-15H2,1-5H3,(H,26,29)(H,27,31)/t17-,25+/m0/s1. The van der Waals surface area contributed by atoms with Crippen LogP contribution in [0.15, 0.2) is 48.5 Å². The summed E-state index contributed by atoms with van der Waals surface area (Å²) < 4.78 is 5.15. The average Bonchev–Trinajstić information content (AvgIpc) is 2.97. The Balaban J connectivity index is 1.64. The molecule has 7 nitrogen and oxygen atoms in total. The number of imide groups is 1. The largest absolute Gasteiger partial charge is 0.497 e. The first-order valence-electron chi connectivity index (χ1n) is 10.8. The predicted octanol–water partition coefficient (Wildman–Crippen LogP) is 3.54. The second-order valence-electron chi connectivity index (χ2n) is 8.80. The summed E-state index contributed by atoms with van der Waals surface area (Å²) in [6.07, 6.45) is 1.00. The predicted molar refractivity (Wildman–Crippen MR) is 122 cm³/mol. The molecular weight excluding hydrogens is 406 g/mol. The number of methoxy groups -OCH3 is 1. The SMILES string of the molecule is COc1ccc([C@@]2(C)NC(=O)N(CC(=O)N[C@@H](C)c3ccc(CC(C)C)cc3)C2=O)cc1. The molecular formula is C25H31N3O4. The van der Waals surface area contributed by atoms with E-state index >= 15 is 0 Å². The molecule has 0 spiro atoms. The molecule has 32 heavy (non-hydrogen) atoms. The fourth-order valence-electron chi connectivity index (χ4n) is 3.89. The number of nitrogens with one attached hydrogen (secondary N) is 2. The summed E-state index contributed by atoms with van der Waals surface area (Å²) in [5, 5.41) is 5.59. The van der Waals surface area contributed by atoms with Crippen molar-refractivity contribution in [3.8, 4) is 5.75 Å². The zero-order valence-corrected chi connectivity index (χ0v) is 19.3. The number of ether oxygens (including phenoxy) is 1. The highest BCUT2D eigenvalue weighted by Gasteiger charge is 2.49. The van der Waals surface area contributed by atoms with E-state index in [0.717, 1.165) is 16.9 Å². The van der Waals surface area contributed by atoms with Crippen molar-refractivity contribution in [3.05, 3.63) is 65.2 Å². The van der Waals surface area contributed by atoms with Crippen LogP contribution in [0, 0.1) is 5.92 Å². The second kappa shape index (κ2) is 9.42. The minimum absolute atomic E-state index is 0.246. The van der Waals surface area contributed by atoms with Gasteiger partial charge < -0.3 is 15.4 Å². The number of amides is 4. The Morgan fingerprint density at radius 1 is 1.06 bits per heavy atom. The first kappa shape index (κ1) is 23.3. The molecule has 2 N–H and O–H groups in total. The minimum atomic E-state index is -1.23. The molecule has 0 radical (unpaired) electrons. The van der Waals surface area contributed by atoms with E-state index in [0.29, 0.717) is 17.2 Å². The van der Waals surface area contributed by atoms with Crippen LogP contribution >= 0.6 is 0 Å². The van der Waals surface area contributed by atoms with Gasteiger partial charge in [0.05, 0.1) is 13.2 Å². The summed E-state index contributed by atoms with van der Waals surface area (Å²) in [6.45, 7) is 7.52. The van der Waals surface area contributed by atoms with Gasteiger partial charge in [0.25, 0.3) is 5.91 Å². The topological polar surface area (TPSA) is 87.7 Å². The first-order chi connectivity index (χ1) is 15.1. The van der Waals surface area contributed by atoms with Crippen molar-refractivity contribution in [2.75, 3.05) is 13.7 Å². The van der Waals surface area contributed by atoms with Crippen molar-refractivity contribution < 1.29 is 19.1 Å². The van der Waals surface area contributed by atoms with Crippen LogP contribution in [0.25, 0.3) is 0 Å². The molecule has 1 aliphatic heterocycles. The Morgan fingerprint density at radius 3 is 2.25 bits per heavy atom. The van der Waals surface area contributed by atoms with Crippen LogP contribution < -0.4 is 15.4 Å². The molecule has 7 heteroatoms. The van der Waals surface area contributed by atoms with Gasteiger partial charge in [0.1, 0.15) is 17.8 Å². The van der Waals surface area contributed by atoms with Gasteiger partial charge in [0.2, 0.25) is 5.91 Å². The smallest absolute Gasteiger partial charge is 0.325 e. The lowest BCUT2D eigenvalue weighted by molar-refractivity contribution is -0.135. The molecule has 3 rings (SSSR count). The van der Waals surface area contributed by atoms with Gasteiger partial charge in [-0.15, -0.1) is 0 Å². The van der Waals surface area contributed by atoms with Crippen molar-refractivity contribution in [1.82, 2.24) is 15.5 Å². The zero-order valence-electron chi connectivity index (χ0n) is 19.3. The van der Waals surface area contributed by atoms with E-state index in [4.69, 9.17) is 4.74 Å². The quantitative estimate of drug-likeness (QED) is 0.619. The number of hydrogen-bond acceptors (Lipinski definition) is 4. The Bertz CT molecular complexity index is 985. The Morgan fingerprint density at radius 2 is 1.69 bits per heavy atom. The van der Waals surface area contributed by atoms with Crippen molar-refractivity contribution in [2.45, 2.75) is 45.7 Å². The first-order valence-corrected chi connectivity index (χ1v) is 10.8. The number of carbonyl (C=O) groups is 3. The Labute approximate surface area is 189 Å². The van der Waals surface area contributed by atoms with Crippen LogP contribution in [0.1, 0.15) is 50.4 Å². The molecule has 0 unspecified atom stereocenters. The van der Waals surface area contributed by atoms with Crippen LogP contribution in [-0.4, -0.2) is 36.4 Å². The molecule has 1 fully saturated rings. The average molecular weight is 438 g/mol. The van der Waals surface area contributed by atoms with E-state index in [9.17, 15) is 14.4 Å². The number of benzene rings is 2. The summed E-state index contributed by atoms with van der Waals surface area (Å²) in [6, 6.07) is 14.2. The van der Waals surface area contributed by atoms with Gasteiger partial charge in [-0.3, -0.25) is 14.5 Å². The molecule has 1 heterocycles. The van der Waals surface area contributed by atoms with Crippen molar-refractivity contribution >= 4 is 17.8 Å². The second-order valence-corrected chi connectivity index (χ2v) is 8.80. The summed E-state index contributed by atoms with van der Waals surface area (Å²) in [5.74, 6) is 0.363. The third kappa shape index (κ3) is 4.93. The van der Waals surface area contributed by atoms with Crippen LogP contribution in [0.3, 0.4) is 0 Å².